The molecule has 0 radical (unpaired) electrons. The first-order chi connectivity index (χ1) is 6.14. The van der Waals surface area contributed by atoms with Crippen LogP contribution in [0.1, 0.15) is 19.3 Å². The summed E-state index contributed by atoms with van der Waals surface area (Å²) in [7, 11) is -2.88. The molecule has 0 aromatic heterocycles. The molecule has 0 aliphatic carbocycles. The summed E-state index contributed by atoms with van der Waals surface area (Å²) < 4.78 is 28.2. The van der Waals surface area contributed by atoms with Gasteiger partial charge >= 0.3 is 0 Å². The van der Waals surface area contributed by atoms with Gasteiger partial charge < -0.3 is 4.74 Å². The fourth-order valence-corrected chi connectivity index (χ4v) is 3.65. The summed E-state index contributed by atoms with van der Waals surface area (Å²) in [5.41, 5.74) is 0. The summed E-state index contributed by atoms with van der Waals surface area (Å²) in [6.45, 7) is 0.721. The highest BCUT2D eigenvalue weighted by atomic mass is 79.9. The Hall–Kier alpha value is 0.390. The largest absolute Gasteiger partial charge is 0.377 e. The van der Waals surface area contributed by atoms with Crippen LogP contribution in [0.15, 0.2) is 0 Å². The van der Waals surface area contributed by atoms with Crippen LogP contribution in [0.25, 0.3) is 0 Å². The summed E-state index contributed by atoms with van der Waals surface area (Å²) >= 11 is 3.22. The highest BCUT2D eigenvalue weighted by Crippen LogP contribution is 2.14. The second-order valence-electron chi connectivity index (χ2n) is 3.29. The lowest BCUT2D eigenvalue weighted by atomic mass is 10.3. The van der Waals surface area contributed by atoms with Gasteiger partial charge in [-0.05, 0) is 19.3 Å². The molecule has 0 N–H and O–H groups in total. The van der Waals surface area contributed by atoms with Gasteiger partial charge in [0.2, 0.25) is 0 Å². The van der Waals surface area contributed by atoms with Gasteiger partial charge in [0.25, 0.3) is 0 Å². The Morgan fingerprint density at radius 3 is 2.77 bits per heavy atom. The molecule has 0 saturated carbocycles. The molecule has 1 heterocycles. The molecule has 13 heavy (non-hydrogen) atoms. The normalized spacial score (nSPS) is 23.6. The van der Waals surface area contributed by atoms with Crippen LogP contribution in [0.2, 0.25) is 0 Å². The third-order valence-electron chi connectivity index (χ3n) is 2.05. The Bertz CT molecular complexity index is 232. The van der Waals surface area contributed by atoms with Crippen molar-refractivity contribution in [1.82, 2.24) is 0 Å². The van der Waals surface area contributed by atoms with Crippen molar-refractivity contribution in [2.75, 3.05) is 23.4 Å². The molecular formula is C8H15BrO3S. The monoisotopic (exact) mass is 270 g/mol. The SMILES string of the molecule is O=S(=O)(CCCBr)CC1CCCO1. The predicted octanol–water partition coefficient (Wildman–Crippen LogP) is 1.37. The van der Waals surface area contributed by atoms with E-state index in [1.807, 2.05) is 0 Å². The van der Waals surface area contributed by atoms with E-state index in [2.05, 4.69) is 15.9 Å². The topological polar surface area (TPSA) is 43.4 Å². The fraction of sp³-hybridized carbons (Fsp3) is 1.00. The molecule has 0 amide bonds. The Morgan fingerprint density at radius 2 is 2.23 bits per heavy atom. The van der Waals surface area contributed by atoms with E-state index in [0.29, 0.717) is 6.42 Å². The van der Waals surface area contributed by atoms with Gasteiger partial charge in [-0.2, -0.15) is 0 Å². The van der Waals surface area contributed by atoms with E-state index in [1.165, 1.54) is 0 Å². The average molecular weight is 271 g/mol. The van der Waals surface area contributed by atoms with Gasteiger partial charge in [0, 0.05) is 11.9 Å². The number of hydrogen-bond donors (Lipinski definition) is 0. The van der Waals surface area contributed by atoms with Crippen LogP contribution in [0.4, 0.5) is 0 Å². The van der Waals surface area contributed by atoms with Gasteiger partial charge in [-0.3, -0.25) is 0 Å². The van der Waals surface area contributed by atoms with Crippen molar-refractivity contribution >= 4 is 25.8 Å². The van der Waals surface area contributed by atoms with Gasteiger partial charge in [-0.1, -0.05) is 15.9 Å². The fourth-order valence-electron chi connectivity index (χ4n) is 1.42. The highest BCUT2D eigenvalue weighted by Gasteiger charge is 2.22. The molecule has 0 aromatic rings. The van der Waals surface area contributed by atoms with Crippen molar-refractivity contribution in [3.63, 3.8) is 0 Å². The maximum atomic E-state index is 11.4. The number of sulfone groups is 1. The molecule has 3 nitrogen and oxygen atoms in total. The number of alkyl halides is 1. The summed E-state index contributed by atoms with van der Waals surface area (Å²) in [6.07, 6.45) is 2.54. The molecule has 5 heteroatoms. The average Bonchev–Trinajstić information content (AvgIpc) is 2.52. The predicted molar refractivity (Wildman–Crippen MR) is 56.0 cm³/mol. The lowest BCUT2D eigenvalue weighted by Crippen LogP contribution is -2.22. The minimum absolute atomic E-state index is 0.0414. The lowest BCUT2D eigenvalue weighted by Gasteiger charge is -2.09. The summed E-state index contributed by atoms with van der Waals surface area (Å²) in [5, 5.41) is 0.748. The minimum atomic E-state index is -2.88. The summed E-state index contributed by atoms with van der Waals surface area (Å²) in [6, 6.07) is 0. The van der Waals surface area contributed by atoms with Crippen molar-refractivity contribution in [3.8, 4) is 0 Å². The van der Waals surface area contributed by atoms with Crippen LogP contribution in [0.5, 0.6) is 0 Å². The number of rotatable bonds is 5. The molecule has 1 aliphatic heterocycles. The molecule has 1 fully saturated rings. The number of ether oxygens (including phenoxy) is 1. The molecular weight excluding hydrogens is 256 g/mol. The van der Waals surface area contributed by atoms with E-state index in [9.17, 15) is 8.42 Å². The van der Waals surface area contributed by atoms with Crippen molar-refractivity contribution < 1.29 is 13.2 Å². The molecule has 1 unspecified atom stereocenters. The highest BCUT2D eigenvalue weighted by molar-refractivity contribution is 9.09. The zero-order valence-electron chi connectivity index (χ0n) is 7.54. The molecule has 1 atom stereocenters. The van der Waals surface area contributed by atoms with Gasteiger partial charge in [0.1, 0.15) is 0 Å². The van der Waals surface area contributed by atoms with Gasteiger partial charge in [-0.15, -0.1) is 0 Å². The summed E-state index contributed by atoms with van der Waals surface area (Å²) in [4.78, 5) is 0. The number of hydrogen-bond acceptors (Lipinski definition) is 3. The van der Waals surface area contributed by atoms with E-state index < -0.39 is 9.84 Å². The van der Waals surface area contributed by atoms with Gasteiger partial charge in [0.15, 0.2) is 9.84 Å². The van der Waals surface area contributed by atoms with Crippen LogP contribution in [0, 0.1) is 0 Å². The van der Waals surface area contributed by atoms with Crippen LogP contribution in [0.3, 0.4) is 0 Å². The first-order valence-corrected chi connectivity index (χ1v) is 7.46. The zero-order valence-corrected chi connectivity index (χ0v) is 9.94. The van der Waals surface area contributed by atoms with Gasteiger partial charge in [-0.25, -0.2) is 8.42 Å². The van der Waals surface area contributed by atoms with Crippen molar-refractivity contribution in [2.45, 2.75) is 25.4 Å². The van der Waals surface area contributed by atoms with E-state index >= 15 is 0 Å². The van der Waals surface area contributed by atoms with Crippen molar-refractivity contribution in [3.05, 3.63) is 0 Å². The maximum Gasteiger partial charge on any atom is 0.152 e. The first-order valence-electron chi connectivity index (χ1n) is 4.52. The molecule has 1 saturated heterocycles. The molecule has 1 aliphatic rings. The molecule has 0 bridgehead atoms. The van der Waals surface area contributed by atoms with Crippen LogP contribution >= 0.6 is 15.9 Å². The standard InChI is InChI=1S/C8H15BrO3S/c9-4-2-6-13(10,11)7-8-3-1-5-12-8/h8H,1-7H2. The smallest absolute Gasteiger partial charge is 0.152 e. The quantitative estimate of drug-likeness (QED) is 0.709. The van der Waals surface area contributed by atoms with E-state index in [1.54, 1.807) is 0 Å². The third-order valence-corrected chi connectivity index (χ3v) is 4.40. The van der Waals surface area contributed by atoms with Crippen LogP contribution in [-0.2, 0) is 14.6 Å². The van der Waals surface area contributed by atoms with E-state index in [4.69, 9.17) is 4.74 Å². The molecule has 0 aromatic carbocycles. The van der Waals surface area contributed by atoms with Crippen LogP contribution < -0.4 is 0 Å². The molecule has 1 rings (SSSR count). The van der Waals surface area contributed by atoms with Gasteiger partial charge in [0.05, 0.1) is 17.6 Å². The zero-order chi connectivity index (χ0) is 9.73. The molecule has 78 valence electrons. The molecule has 0 spiro atoms. The van der Waals surface area contributed by atoms with Crippen LogP contribution in [-0.4, -0.2) is 38.0 Å². The third kappa shape index (κ3) is 4.42. The minimum Gasteiger partial charge on any atom is -0.377 e. The maximum absolute atomic E-state index is 11.4. The number of halogens is 1. The lowest BCUT2D eigenvalue weighted by molar-refractivity contribution is 0.127. The van der Waals surface area contributed by atoms with E-state index in [0.717, 1.165) is 24.8 Å². The second-order valence-corrected chi connectivity index (χ2v) is 6.31. The Balaban J connectivity index is 2.32. The van der Waals surface area contributed by atoms with Crippen molar-refractivity contribution in [1.29, 1.82) is 0 Å². The van der Waals surface area contributed by atoms with E-state index in [-0.39, 0.29) is 17.6 Å². The summed E-state index contributed by atoms with van der Waals surface area (Å²) in [5.74, 6) is 0.484. The second kappa shape index (κ2) is 5.32. The first kappa shape index (κ1) is 11.5. The Kier molecular flexibility index (Phi) is 4.69. The Morgan fingerprint density at radius 1 is 1.46 bits per heavy atom. The van der Waals surface area contributed by atoms with Crippen molar-refractivity contribution in [2.24, 2.45) is 0 Å². The Labute approximate surface area is 87.9 Å².